The highest BCUT2D eigenvalue weighted by Gasteiger charge is 2.21. The molecule has 2 aromatic rings. The standard InChI is InChI=1S/C16H16ClFN2O/c1-8-13(17)7-12(9(2)19)15(14(8)16(20)21)10-4-3-5-11(18)6-10/h3-7,9H,19H2,1-2H3,(H2,20,21). The Morgan fingerprint density at radius 3 is 2.52 bits per heavy atom. The molecule has 5 heteroatoms. The van der Waals surface area contributed by atoms with Crippen LogP contribution < -0.4 is 11.5 Å². The number of rotatable bonds is 3. The minimum atomic E-state index is -0.615. The van der Waals surface area contributed by atoms with Crippen molar-refractivity contribution in [1.29, 1.82) is 0 Å². The molecule has 0 spiro atoms. The van der Waals surface area contributed by atoms with E-state index in [2.05, 4.69) is 0 Å². The van der Waals surface area contributed by atoms with Crippen LogP contribution in [0.2, 0.25) is 5.02 Å². The number of amides is 1. The highest BCUT2D eigenvalue weighted by molar-refractivity contribution is 6.32. The van der Waals surface area contributed by atoms with Crippen molar-refractivity contribution in [2.75, 3.05) is 0 Å². The fourth-order valence-corrected chi connectivity index (χ4v) is 2.60. The van der Waals surface area contributed by atoms with E-state index < -0.39 is 11.7 Å². The monoisotopic (exact) mass is 306 g/mol. The Kier molecular flexibility index (Phi) is 4.30. The van der Waals surface area contributed by atoms with Crippen molar-refractivity contribution in [3.05, 3.63) is 57.9 Å². The SMILES string of the molecule is Cc1c(Cl)cc(C(C)N)c(-c2cccc(F)c2)c1C(N)=O. The third kappa shape index (κ3) is 2.91. The molecule has 3 nitrogen and oxygen atoms in total. The molecule has 0 bridgehead atoms. The molecule has 1 unspecified atom stereocenters. The third-order valence-corrected chi connectivity index (χ3v) is 3.80. The first-order valence-electron chi connectivity index (χ1n) is 6.47. The molecule has 1 amide bonds. The summed E-state index contributed by atoms with van der Waals surface area (Å²) < 4.78 is 13.5. The maximum Gasteiger partial charge on any atom is 0.249 e. The quantitative estimate of drug-likeness (QED) is 0.910. The molecular weight excluding hydrogens is 291 g/mol. The van der Waals surface area contributed by atoms with Crippen molar-refractivity contribution in [2.45, 2.75) is 19.9 Å². The number of carbonyl (C=O) groups is 1. The lowest BCUT2D eigenvalue weighted by atomic mass is 9.88. The van der Waals surface area contributed by atoms with Crippen LogP contribution >= 0.6 is 11.6 Å². The second kappa shape index (κ2) is 5.84. The number of benzene rings is 2. The van der Waals surface area contributed by atoms with Gasteiger partial charge in [-0.3, -0.25) is 4.79 Å². The van der Waals surface area contributed by atoms with Gasteiger partial charge in [0.25, 0.3) is 0 Å². The van der Waals surface area contributed by atoms with Crippen LogP contribution in [0, 0.1) is 12.7 Å². The van der Waals surface area contributed by atoms with Gasteiger partial charge in [-0.15, -0.1) is 0 Å². The number of hydrogen-bond donors (Lipinski definition) is 2. The van der Waals surface area contributed by atoms with Crippen molar-refractivity contribution < 1.29 is 9.18 Å². The van der Waals surface area contributed by atoms with Crippen molar-refractivity contribution in [3.8, 4) is 11.1 Å². The first-order valence-corrected chi connectivity index (χ1v) is 6.85. The zero-order chi connectivity index (χ0) is 15.7. The van der Waals surface area contributed by atoms with Crippen LogP contribution in [0.15, 0.2) is 30.3 Å². The average molecular weight is 307 g/mol. The van der Waals surface area contributed by atoms with E-state index in [1.165, 1.54) is 12.1 Å². The minimum absolute atomic E-state index is 0.278. The molecule has 0 aromatic heterocycles. The van der Waals surface area contributed by atoms with Crippen LogP contribution in [-0.2, 0) is 0 Å². The van der Waals surface area contributed by atoms with Gasteiger partial charge in [-0.1, -0.05) is 23.7 Å². The molecule has 0 aliphatic rings. The van der Waals surface area contributed by atoms with Gasteiger partial charge in [0.05, 0.1) is 5.56 Å². The topological polar surface area (TPSA) is 69.1 Å². The van der Waals surface area contributed by atoms with E-state index in [0.717, 1.165) is 0 Å². The maximum atomic E-state index is 13.5. The summed E-state index contributed by atoms with van der Waals surface area (Å²) in [6.07, 6.45) is 0. The third-order valence-electron chi connectivity index (χ3n) is 3.40. The summed E-state index contributed by atoms with van der Waals surface area (Å²) in [7, 11) is 0. The molecule has 0 saturated heterocycles. The lowest BCUT2D eigenvalue weighted by Gasteiger charge is -2.19. The highest BCUT2D eigenvalue weighted by atomic mass is 35.5. The van der Waals surface area contributed by atoms with Crippen LogP contribution in [0.3, 0.4) is 0 Å². The summed E-state index contributed by atoms with van der Waals surface area (Å²) in [5.74, 6) is -1.01. The van der Waals surface area contributed by atoms with Gasteiger partial charge in [-0.25, -0.2) is 4.39 Å². The summed E-state index contributed by atoms with van der Waals surface area (Å²) in [5, 5.41) is 0.413. The van der Waals surface area contributed by atoms with E-state index in [1.807, 2.05) is 0 Å². The van der Waals surface area contributed by atoms with Gasteiger partial charge in [-0.2, -0.15) is 0 Å². The van der Waals surface area contributed by atoms with Gasteiger partial charge < -0.3 is 11.5 Å². The molecular formula is C16H16ClFN2O. The molecule has 0 heterocycles. The molecule has 0 saturated carbocycles. The van der Waals surface area contributed by atoms with Gasteiger partial charge in [0, 0.05) is 11.1 Å². The zero-order valence-electron chi connectivity index (χ0n) is 11.8. The van der Waals surface area contributed by atoms with Crippen molar-refractivity contribution in [3.63, 3.8) is 0 Å². The predicted molar refractivity (Wildman–Crippen MR) is 82.7 cm³/mol. The largest absolute Gasteiger partial charge is 0.366 e. The molecule has 2 rings (SSSR count). The van der Waals surface area contributed by atoms with Gasteiger partial charge in [0.15, 0.2) is 0 Å². The molecule has 2 aromatic carbocycles. The summed E-state index contributed by atoms with van der Waals surface area (Å²) in [6.45, 7) is 3.48. The van der Waals surface area contributed by atoms with Gasteiger partial charge >= 0.3 is 0 Å². The van der Waals surface area contributed by atoms with E-state index in [-0.39, 0.29) is 11.6 Å². The zero-order valence-corrected chi connectivity index (χ0v) is 12.5. The Morgan fingerprint density at radius 1 is 1.33 bits per heavy atom. The Balaban J connectivity index is 2.90. The fourth-order valence-electron chi connectivity index (χ4n) is 2.39. The van der Waals surface area contributed by atoms with E-state index in [9.17, 15) is 9.18 Å². The van der Waals surface area contributed by atoms with E-state index in [1.54, 1.807) is 32.0 Å². The summed E-state index contributed by atoms with van der Waals surface area (Å²) in [5.41, 5.74) is 14.1. The number of primary amides is 1. The van der Waals surface area contributed by atoms with Gasteiger partial charge in [0.1, 0.15) is 5.82 Å². The maximum absolute atomic E-state index is 13.5. The Morgan fingerprint density at radius 2 is 2.00 bits per heavy atom. The van der Waals surface area contributed by atoms with Crippen LogP contribution in [0.4, 0.5) is 4.39 Å². The Labute approximate surface area is 127 Å². The smallest absolute Gasteiger partial charge is 0.249 e. The molecule has 0 aliphatic carbocycles. The second-order valence-electron chi connectivity index (χ2n) is 4.99. The first kappa shape index (κ1) is 15.5. The van der Waals surface area contributed by atoms with Gasteiger partial charge in [-0.05, 0) is 54.3 Å². The lowest BCUT2D eigenvalue weighted by Crippen LogP contribution is -2.18. The molecule has 110 valence electrons. The Hall–Kier alpha value is -1.91. The molecule has 21 heavy (non-hydrogen) atoms. The lowest BCUT2D eigenvalue weighted by molar-refractivity contribution is 0.1000. The normalized spacial score (nSPS) is 12.2. The molecule has 0 radical (unpaired) electrons. The van der Waals surface area contributed by atoms with Crippen LogP contribution in [0.1, 0.15) is 34.5 Å². The van der Waals surface area contributed by atoms with Crippen molar-refractivity contribution in [2.24, 2.45) is 11.5 Å². The molecule has 0 fully saturated rings. The molecule has 4 N–H and O–H groups in total. The summed E-state index contributed by atoms with van der Waals surface area (Å²) >= 11 is 6.16. The molecule has 1 atom stereocenters. The highest BCUT2D eigenvalue weighted by Crippen LogP contribution is 2.36. The second-order valence-corrected chi connectivity index (χ2v) is 5.39. The summed E-state index contributed by atoms with van der Waals surface area (Å²) in [6, 6.07) is 7.30. The number of carbonyl (C=O) groups excluding carboxylic acids is 1. The first-order chi connectivity index (χ1) is 9.82. The van der Waals surface area contributed by atoms with E-state index in [0.29, 0.717) is 27.3 Å². The minimum Gasteiger partial charge on any atom is -0.366 e. The van der Waals surface area contributed by atoms with Crippen LogP contribution in [0.25, 0.3) is 11.1 Å². The van der Waals surface area contributed by atoms with Crippen molar-refractivity contribution >= 4 is 17.5 Å². The van der Waals surface area contributed by atoms with Gasteiger partial charge in [0.2, 0.25) is 5.91 Å². The predicted octanol–water partition coefficient (Wildman–Crippen LogP) is 3.57. The number of nitrogens with two attached hydrogens (primary N) is 2. The summed E-state index contributed by atoms with van der Waals surface area (Å²) in [4.78, 5) is 11.9. The number of halogens is 2. The van der Waals surface area contributed by atoms with E-state index >= 15 is 0 Å². The van der Waals surface area contributed by atoms with E-state index in [4.69, 9.17) is 23.1 Å². The molecule has 0 aliphatic heterocycles. The van der Waals surface area contributed by atoms with Crippen molar-refractivity contribution in [1.82, 2.24) is 0 Å². The Bertz CT molecular complexity index is 714. The average Bonchev–Trinajstić information content (AvgIpc) is 2.40. The number of hydrogen-bond acceptors (Lipinski definition) is 2. The van der Waals surface area contributed by atoms with Crippen LogP contribution in [-0.4, -0.2) is 5.91 Å². The van der Waals surface area contributed by atoms with Crippen LogP contribution in [0.5, 0.6) is 0 Å². The fraction of sp³-hybridized carbons (Fsp3) is 0.188.